The first-order valence-corrected chi connectivity index (χ1v) is 7.99. The highest BCUT2D eigenvalue weighted by molar-refractivity contribution is 7.99. The molecular formula is C18H17NO2S. The standard InChI is InChI=1S/C18H17NO2S/c1-21-17(20)12-11-16-18(22-13-7-3-2-4-8-13)14-9-5-6-10-15(14)19-16/h2-10,19H,11-12H2,1H3. The zero-order valence-corrected chi connectivity index (χ0v) is 13.2. The number of aryl methyl sites for hydroxylation is 1. The Bertz CT molecular complexity index is 780. The second kappa shape index (κ2) is 6.71. The van der Waals surface area contributed by atoms with Gasteiger partial charge in [0.2, 0.25) is 0 Å². The summed E-state index contributed by atoms with van der Waals surface area (Å²) >= 11 is 1.73. The maximum Gasteiger partial charge on any atom is 0.305 e. The summed E-state index contributed by atoms with van der Waals surface area (Å²) in [4.78, 5) is 17.2. The molecule has 0 spiro atoms. The molecule has 0 fully saturated rings. The van der Waals surface area contributed by atoms with Gasteiger partial charge in [0.15, 0.2) is 0 Å². The van der Waals surface area contributed by atoms with Crippen LogP contribution in [0.25, 0.3) is 10.9 Å². The second-order valence-electron chi connectivity index (χ2n) is 4.97. The Morgan fingerprint density at radius 2 is 1.82 bits per heavy atom. The minimum absolute atomic E-state index is 0.186. The number of esters is 1. The predicted molar refractivity (Wildman–Crippen MR) is 89.2 cm³/mol. The first kappa shape index (κ1) is 14.7. The highest BCUT2D eigenvalue weighted by atomic mass is 32.2. The Morgan fingerprint density at radius 1 is 1.09 bits per heavy atom. The quantitative estimate of drug-likeness (QED) is 0.709. The van der Waals surface area contributed by atoms with Crippen LogP contribution in [0.15, 0.2) is 64.4 Å². The zero-order valence-electron chi connectivity index (χ0n) is 12.3. The van der Waals surface area contributed by atoms with Gasteiger partial charge in [0, 0.05) is 26.4 Å². The summed E-state index contributed by atoms with van der Waals surface area (Å²) in [6, 6.07) is 18.5. The van der Waals surface area contributed by atoms with Crippen LogP contribution in [-0.4, -0.2) is 18.1 Å². The molecule has 3 rings (SSSR count). The molecule has 3 aromatic rings. The van der Waals surface area contributed by atoms with Crippen LogP contribution in [0.3, 0.4) is 0 Å². The molecule has 0 aliphatic rings. The third-order valence-corrected chi connectivity index (χ3v) is 4.68. The van der Waals surface area contributed by atoms with E-state index in [-0.39, 0.29) is 5.97 Å². The first-order valence-electron chi connectivity index (χ1n) is 7.17. The van der Waals surface area contributed by atoms with Gasteiger partial charge in [-0.15, -0.1) is 0 Å². The topological polar surface area (TPSA) is 42.1 Å². The number of methoxy groups -OCH3 is 1. The van der Waals surface area contributed by atoms with Crippen molar-refractivity contribution in [2.24, 2.45) is 0 Å². The number of ether oxygens (including phenoxy) is 1. The lowest BCUT2D eigenvalue weighted by atomic mass is 10.2. The summed E-state index contributed by atoms with van der Waals surface area (Å²) in [5, 5.41) is 1.19. The molecule has 1 N–H and O–H groups in total. The fourth-order valence-electron chi connectivity index (χ4n) is 2.40. The van der Waals surface area contributed by atoms with Crippen LogP contribution in [0.5, 0.6) is 0 Å². The lowest BCUT2D eigenvalue weighted by molar-refractivity contribution is -0.140. The van der Waals surface area contributed by atoms with Gasteiger partial charge >= 0.3 is 5.97 Å². The van der Waals surface area contributed by atoms with Crippen molar-refractivity contribution in [2.75, 3.05) is 7.11 Å². The molecule has 0 aliphatic carbocycles. The molecule has 4 heteroatoms. The first-order chi connectivity index (χ1) is 10.8. The molecule has 0 amide bonds. The monoisotopic (exact) mass is 311 g/mol. The Morgan fingerprint density at radius 3 is 2.59 bits per heavy atom. The van der Waals surface area contributed by atoms with Crippen LogP contribution < -0.4 is 0 Å². The average molecular weight is 311 g/mol. The Hall–Kier alpha value is -2.20. The SMILES string of the molecule is COC(=O)CCc1[nH]c2ccccc2c1Sc1ccccc1. The lowest BCUT2D eigenvalue weighted by Crippen LogP contribution is -2.02. The number of nitrogens with one attached hydrogen (secondary N) is 1. The fraction of sp³-hybridized carbons (Fsp3) is 0.167. The smallest absolute Gasteiger partial charge is 0.305 e. The number of H-pyrrole nitrogens is 1. The second-order valence-corrected chi connectivity index (χ2v) is 6.05. The molecule has 0 saturated heterocycles. The van der Waals surface area contributed by atoms with E-state index in [9.17, 15) is 4.79 Å². The number of aromatic nitrogens is 1. The number of rotatable bonds is 5. The number of fused-ring (bicyclic) bond motifs is 1. The van der Waals surface area contributed by atoms with E-state index in [0.29, 0.717) is 12.8 Å². The van der Waals surface area contributed by atoms with E-state index in [1.165, 1.54) is 22.3 Å². The molecule has 1 heterocycles. The molecule has 0 bridgehead atoms. The molecule has 0 radical (unpaired) electrons. The van der Waals surface area contributed by atoms with E-state index in [0.717, 1.165) is 11.2 Å². The number of para-hydroxylation sites is 1. The zero-order chi connectivity index (χ0) is 15.4. The van der Waals surface area contributed by atoms with Crippen molar-refractivity contribution in [1.29, 1.82) is 0 Å². The molecule has 2 aromatic carbocycles. The fourth-order valence-corrected chi connectivity index (χ4v) is 3.49. The van der Waals surface area contributed by atoms with Crippen molar-refractivity contribution in [3.8, 4) is 0 Å². The van der Waals surface area contributed by atoms with E-state index in [4.69, 9.17) is 4.74 Å². The van der Waals surface area contributed by atoms with Crippen LogP contribution in [0.2, 0.25) is 0 Å². The molecule has 112 valence electrons. The number of hydrogen-bond donors (Lipinski definition) is 1. The molecule has 0 atom stereocenters. The minimum Gasteiger partial charge on any atom is -0.469 e. The van der Waals surface area contributed by atoms with E-state index < -0.39 is 0 Å². The minimum atomic E-state index is -0.186. The maximum atomic E-state index is 11.4. The van der Waals surface area contributed by atoms with E-state index >= 15 is 0 Å². The summed E-state index contributed by atoms with van der Waals surface area (Å²) in [7, 11) is 1.42. The van der Waals surface area contributed by atoms with Gasteiger partial charge in [-0.2, -0.15) is 0 Å². The van der Waals surface area contributed by atoms with Gasteiger partial charge in [-0.05, 0) is 24.6 Å². The van der Waals surface area contributed by atoms with Crippen molar-refractivity contribution in [3.05, 3.63) is 60.3 Å². The molecule has 3 nitrogen and oxygen atoms in total. The van der Waals surface area contributed by atoms with Gasteiger partial charge in [-0.1, -0.05) is 48.2 Å². The highest BCUT2D eigenvalue weighted by Gasteiger charge is 2.14. The van der Waals surface area contributed by atoms with Crippen LogP contribution in [0.1, 0.15) is 12.1 Å². The Kier molecular flexibility index (Phi) is 4.49. The third kappa shape index (κ3) is 3.17. The maximum absolute atomic E-state index is 11.4. The van der Waals surface area contributed by atoms with Crippen molar-refractivity contribution < 1.29 is 9.53 Å². The van der Waals surface area contributed by atoms with E-state index in [1.54, 1.807) is 11.8 Å². The summed E-state index contributed by atoms with van der Waals surface area (Å²) in [5.74, 6) is -0.186. The van der Waals surface area contributed by atoms with Crippen molar-refractivity contribution in [3.63, 3.8) is 0 Å². The molecule has 22 heavy (non-hydrogen) atoms. The number of aromatic amines is 1. The number of carbonyl (C=O) groups is 1. The molecule has 0 unspecified atom stereocenters. The normalized spacial score (nSPS) is 10.8. The number of hydrogen-bond acceptors (Lipinski definition) is 3. The number of benzene rings is 2. The average Bonchev–Trinajstić information content (AvgIpc) is 2.91. The van der Waals surface area contributed by atoms with Gasteiger partial charge in [0.1, 0.15) is 0 Å². The molecule has 1 aromatic heterocycles. The summed E-state index contributed by atoms with van der Waals surface area (Å²) in [6.07, 6.45) is 1.03. The van der Waals surface area contributed by atoms with Gasteiger partial charge in [-0.25, -0.2) is 0 Å². The van der Waals surface area contributed by atoms with Crippen LogP contribution in [0.4, 0.5) is 0 Å². The van der Waals surface area contributed by atoms with Gasteiger partial charge in [0.05, 0.1) is 13.5 Å². The summed E-state index contributed by atoms with van der Waals surface area (Å²) in [6.45, 7) is 0. The van der Waals surface area contributed by atoms with Crippen LogP contribution in [-0.2, 0) is 16.0 Å². The van der Waals surface area contributed by atoms with Crippen LogP contribution in [0, 0.1) is 0 Å². The van der Waals surface area contributed by atoms with Gasteiger partial charge < -0.3 is 9.72 Å². The summed E-state index contributed by atoms with van der Waals surface area (Å²) in [5.41, 5.74) is 2.18. The third-order valence-electron chi connectivity index (χ3n) is 3.50. The van der Waals surface area contributed by atoms with Crippen molar-refractivity contribution in [2.45, 2.75) is 22.6 Å². The van der Waals surface area contributed by atoms with Crippen molar-refractivity contribution >= 4 is 28.6 Å². The van der Waals surface area contributed by atoms with E-state index in [2.05, 4.69) is 29.2 Å². The predicted octanol–water partition coefficient (Wildman–Crippen LogP) is 4.42. The van der Waals surface area contributed by atoms with Crippen LogP contribution >= 0.6 is 11.8 Å². The van der Waals surface area contributed by atoms with Gasteiger partial charge in [0.25, 0.3) is 0 Å². The summed E-state index contributed by atoms with van der Waals surface area (Å²) < 4.78 is 4.74. The Balaban J connectivity index is 1.95. The highest BCUT2D eigenvalue weighted by Crippen LogP contribution is 2.37. The lowest BCUT2D eigenvalue weighted by Gasteiger charge is -2.04. The van der Waals surface area contributed by atoms with Crippen molar-refractivity contribution in [1.82, 2.24) is 4.98 Å². The van der Waals surface area contributed by atoms with Gasteiger partial charge in [-0.3, -0.25) is 4.79 Å². The molecule has 0 aliphatic heterocycles. The number of carbonyl (C=O) groups excluding carboxylic acids is 1. The molecular weight excluding hydrogens is 294 g/mol. The molecule has 0 saturated carbocycles. The largest absolute Gasteiger partial charge is 0.469 e. The van der Waals surface area contributed by atoms with E-state index in [1.807, 2.05) is 30.3 Å². The Labute approximate surface area is 133 Å².